The highest BCUT2D eigenvalue weighted by Crippen LogP contribution is 2.24. The number of amides is 1. The van der Waals surface area contributed by atoms with E-state index in [-0.39, 0.29) is 42.8 Å². The van der Waals surface area contributed by atoms with Crippen LogP contribution in [0, 0.1) is 0 Å². The number of rotatable bonds is 12. The molecule has 0 radical (unpaired) electrons. The van der Waals surface area contributed by atoms with E-state index in [0.29, 0.717) is 19.0 Å². The van der Waals surface area contributed by atoms with Gasteiger partial charge in [0.1, 0.15) is 18.9 Å². The molecule has 0 saturated heterocycles. The standard InChI is InChI=1S/C28H33N3O6/c1-2-35-24-14-8-6-12-21(24)19-37-27-16-23(28(33)34)30-31(27)17-26(32)29-22-13-7-9-15-25(22)36-18-20-10-4-3-5-11-20/h3-6,8,10-12,14,16,22,25H,2,7,9,13,15,17-19H2,1H3,(H,29,32)(H,33,34)/t22-,25-/m0/s1. The molecule has 37 heavy (non-hydrogen) atoms. The number of aromatic nitrogens is 2. The highest BCUT2D eigenvalue weighted by atomic mass is 16.5. The summed E-state index contributed by atoms with van der Waals surface area (Å²) < 4.78 is 19.0. The molecule has 2 aromatic carbocycles. The zero-order valence-corrected chi connectivity index (χ0v) is 21.0. The summed E-state index contributed by atoms with van der Waals surface area (Å²) >= 11 is 0. The van der Waals surface area contributed by atoms with Gasteiger partial charge in [-0.1, -0.05) is 61.4 Å². The van der Waals surface area contributed by atoms with E-state index in [1.54, 1.807) is 0 Å². The third kappa shape index (κ3) is 7.33. The van der Waals surface area contributed by atoms with Crippen molar-refractivity contribution in [1.82, 2.24) is 15.1 Å². The summed E-state index contributed by atoms with van der Waals surface area (Å²) in [4.78, 5) is 24.5. The van der Waals surface area contributed by atoms with E-state index in [1.807, 2.05) is 61.5 Å². The molecule has 0 aliphatic heterocycles. The summed E-state index contributed by atoms with van der Waals surface area (Å²) in [6.45, 7) is 2.86. The highest BCUT2D eigenvalue weighted by molar-refractivity contribution is 5.85. The molecule has 196 valence electrons. The van der Waals surface area contributed by atoms with Gasteiger partial charge in [0.2, 0.25) is 11.8 Å². The Morgan fingerprint density at radius 3 is 2.57 bits per heavy atom. The number of hydrogen-bond donors (Lipinski definition) is 2. The van der Waals surface area contributed by atoms with E-state index >= 15 is 0 Å². The minimum atomic E-state index is -1.19. The zero-order chi connectivity index (χ0) is 26.0. The van der Waals surface area contributed by atoms with E-state index in [9.17, 15) is 14.7 Å². The number of nitrogens with one attached hydrogen (secondary N) is 1. The van der Waals surface area contributed by atoms with Crippen molar-refractivity contribution in [3.63, 3.8) is 0 Å². The van der Waals surface area contributed by atoms with Gasteiger partial charge in [-0.3, -0.25) is 4.79 Å². The molecule has 2 N–H and O–H groups in total. The topological polar surface area (TPSA) is 112 Å². The maximum Gasteiger partial charge on any atom is 0.356 e. The maximum atomic E-state index is 13.0. The van der Waals surface area contributed by atoms with Crippen LogP contribution in [0.15, 0.2) is 60.7 Å². The predicted molar refractivity (Wildman–Crippen MR) is 137 cm³/mol. The van der Waals surface area contributed by atoms with Gasteiger partial charge in [-0.15, -0.1) is 0 Å². The van der Waals surface area contributed by atoms with Crippen LogP contribution in [-0.2, 0) is 29.3 Å². The van der Waals surface area contributed by atoms with Crippen molar-refractivity contribution in [2.45, 2.75) is 64.5 Å². The number of carboxylic acids is 1. The van der Waals surface area contributed by atoms with Gasteiger partial charge in [0, 0.05) is 11.6 Å². The first-order valence-electron chi connectivity index (χ1n) is 12.6. The van der Waals surface area contributed by atoms with E-state index in [0.717, 1.165) is 36.8 Å². The number of hydrogen-bond acceptors (Lipinski definition) is 6. The molecule has 9 heteroatoms. The van der Waals surface area contributed by atoms with Crippen molar-refractivity contribution in [2.24, 2.45) is 0 Å². The quantitative estimate of drug-likeness (QED) is 0.378. The van der Waals surface area contributed by atoms with Crippen LogP contribution in [0.5, 0.6) is 11.6 Å². The van der Waals surface area contributed by atoms with Gasteiger partial charge in [0.25, 0.3) is 0 Å². The first kappa shape index (κ1) is 26.2. The number of carboxylic acid groups (broad SMARTS) is 1. The van der Waals surface area contributed by atoms with Gasteiger partial charge < -0.3 is 24.6 Å². The monoisotopic (exact) mass is 507 g/mol. The molecule has 1 heterocycles. The van der Waals surface area contributed by atoms with Crippen molar-refractivity contribution in [3.8, 4) is 11.6 Å². The summed E-state index contributed by atoms with van der Waals surface area (Å²) in [7, 11) is 0. The Bertz CT molecular complexity index is 1180. The van der Waals surface area contributed by atoms with Crippen molar-refractivity contribution >= 4 is 11.9 Å². The SMILES string of the molecule is CCOc1ccccc1COc1cc(C(=O)O)nn1CC(=O)N[C@H]1CCCC[C@@H]1OCc1ccccc1. The first-order valence-corrected chi connectivity index (χ1v) is 12.6. The Kier molecular flexibility index (Phi) is 9.15. The molecule has 1 saturated carbocycles. The second-order valence-electron chi connectivity index (χ2n) is 8.95. The summed E-state index contributed by atoms with van der Waals surface area (Å²) in [5, 5.41) is 16.6. The van der Waals surface area contributed by atoms with Crippen LogP contribution in [0.4, 0.5) is 0 Å². The first-order chi connectivity index (χ1) is 18.0. The lowest BCUT2D eigenvalue weighted by atomic mass is 9.92. The fourth-order valence-corrected chi connectivity index (χ4v) is 4.43. The number of carbonyl (C=O) groups is 2. The average molecular weight is 508 g/mol. The van der Waals surface area contributed by atoms with E-state index < -0.39 is 5.97 Å². The summed E-state index contributed by atoms with van der Waals surface area (Å²) in [5.41, 5.74) is 1.70. The van der Waals surface area contributed by atoms with Gasteiger partial charge in [-0.05, 0) is 31.4 Å². The Balaban J connectivity index is 1.40. The number of carbonyl (C=O) groups excluding carboxylic acids is 1. The van der Waals surface area contributed by atoms with Crippen molar-refractivity contribution in [1.29, 1.82) is 0 Å². The molecule has 1 aromatic heterocycles. The summed E-state index contributed by atoms with van der Waals surface area (Å²) in [6, 6.07) is 18.6. The lowest BCUT2D eigenvalue weighted by Crippen LogP contribution is -2.47. The third-order valence-corrected chi connectivity index (χ3v) is 6.26. The molecular formula is C28H33N3O6. The summed E-state index contributed by atoms with van der Waals surface area (Å²) in [5.74, 6) is -0.592. The smallest absolute Gasteiger partial charge is 0.356 e. The molecule has 4 rings (SSSR count). The van der Waals surface area contributed by atoms with Crippen LogP contribution in [0.1, 0.15) is 54.2 Å². The number of nitrogens with zero attached hydrogens (tertiary/aromatic N) is 2. The zero-order valence-electron chi connectivity index (χ0n) is 21.0. The van der Waals surface area contributed by atoms with Crippen LogP contribution in [0.25, 0.3) is 0 Å². The largest absolute Gasteiger partial charge is 0.493 e. The van der Waals surface area contributed by atoms with Gasteiger partial charge in [0.15, 0.2) is 5.69 Å². The minimum absolute atomic E-state index is 0.0871. The molecule has 0 spiro atoms. The van der Waals surface area contributed by atoms with E-state index in [4.69, 9.17) is 14.2 Å². The van der Waals surface area contributed by atoms with Gasteiger partial charge >= 0.3 is 5.97 Å². The van der Waals surface area contributed by atoms with Crippen molar-refractivity contribution in [3.05, 3.63) is 77.5 Å². The Morgan fingerprint density at radius 1 is 1.03 bits per heavy atom. The normalized spacial score (nSPS) is 17.2. The van der Waals surface area contributed by atoms with Crippen LogP contribution in [0.3, 0.4) is 0 Å². The predicted octanol–water partition coefficient (Wildman–Crippen LogP) is 4.20. The van der Waals surface area contributed by atoms with Crippen LogP contribution >= 0.6 is 0 Å². The van der Waals surface area contributed by atoms with Crippen molar-refractivity contribution < 1.29 is 28.9 Å². The Morgan fingerprint density at radius 2 is 1.78 bits per heavy atom. The van der Waals surface area contributed by atoms with E-state index in [1.165, 1.54) is 10.7 Å². The third-order valence-electron chi connectivity index (χ3n) is 6.26. The molecule has 9 nitrogen and oxygen atoms in total. The van der Waals surface area contributed by atoms with Gasteiger partial charge in [-0.25, -0.2) is 9.48 Å². The fourth-order valence-electron chi connectivity index (χ4n) is 4.43. The van der Waals surface area contributed by atoms with Gasteiger partial charge in [0.05, 0.1) is 25.4 Å². The highest BCUT2D eigenvalue weighted by Gasteiger charge is 2.28. The molecule has 1 amide bonds. The summed E-state index contributed by atoms with van der Waals surface area (Å²) in [6.07, 6.45) is 3.66. The molecular weight excluding hydrogens is 474 g/mol. The molecule has 0 bridgehead atoms. The molecule has 0 unspecified atom stereocenters. The number of para-hydroxylation sites is 1. The number of ether oxygens (including phenoxy) is 3. The van der Waals surface area contributed by atoms with Crippen LogP contribution in [0.2, 0.25) is 0 Å². The van der Waals surface area contributed by atoms with Gasteiger partial charge in [-0.2, -0.15) is 5.10 Å². The minimum Gasteiger partial charge on any atom is -0.493 e. The second-order valence-corrected chi connectivity index (χ2v) is 8.95. The van der Waals surface area contributed by atoms with Crippen molar-refractivity contribution in [2.75, 3.05) is 6.61 Å². The lowest BCUT2D eigenvalue weighted by Gasteiger charge is -2.32. The molecule has 2 atom stereocenters. The number of aromatic carboxylic acids is 1. The van der Waals surface area contributed by atoms with E-state index in [2.05, 4.69) is 10.4 Å². The van der Waals surface area contributed by atoms with Crippen LogP contribution in [-0.4, -0.2) is 45.5 Å². The average Bonchev–Trinajstić information content (AvgIpc) is 3.31. The maximum absolute atomic E-state index is 13.0. The second kappa shape index (κ2) is 12.9. The lowest BCUT2D eigenvalue weighted by molar-refractivity contribution is -0.124. The molecule has 1 aliphatic carbocycles. The fraction of sp³-hybridized carbons (Fsp3) is 0.393. The number of benzene rings is 2. The Labute approximate surface area is 216 Å². The van der Waals surface area contributed by atoms with Crippen LogP contribution < -0.4 is 14.8 Å². The molecule has 3 aromatic rings. The Hall–Kier alpha value is -3.85. The molecule has 1 fully saturated rings. The molecule has 1 aliphatic rings.